The zero-order chi connectivity index (χ0) is 27.8. The Labute approximate surface area is 237 Å². The lowest BCUT2D eigenvalue weighted by Gasteiger charge is -2.46. The molecule has 0 aliphatic carbocycles. The summed E-state index contributed by atoms with van der Waals surface area (Å²) < 4.78 is 41.8. The van der Waals surface area contributed by atoms with Gasteiger partial charge in [0.1, 0.15) is 23.1 Å². The zero-order valence-corrected chi connectivity index (χ0v) is 22.9. The van der Waals surface area contributed by atoms with Crippen LogP contribution in [-0.4, -0.2) is 24.4 Å². The Hall–Kier alpha value is -2.58. The molecule has 0 radical (unpaired) electrons. The van der Waals surface area contributed by atoms with E-state index in [2.05, 4.69) is 0 Å². The molecule has 0 saturated heterocycles. The van der Waals surface area contributed by atoms with Gasteiger partial charge in [0, 0.05) is 54.5 Å². The van der Waals surface area contributed by atoms with Crippen molar-refractivity contribution in [3.8, 4) is 11.5 Å². The van der Waals surface area contributed by atoms with Gasteiger partial charge < -0.3 is 19.7 Å². The summed E-state index contributed by atoms with van der Waals surface area (Å²) in [5, 5.41) is 25.5. The molecule has 0 bridgehead atoms. The summed E-state index contributed by atoms with van der Waals surface area (Å²) in [6.07, 6.45) is 0. The Morgan fingerprint density at radius 2 is 0.895 bits per heavy atom. The lowest BCUT2D eigenvalue weighted by atomic mass is 9.66. The molecule has 4 aromatic carbocycles. The molecule has 198 valence electrons. The van der Waals surface area contributed by atoms with Gasteiger partial charge in [-0.1, -0.05) is 58.5 Å². The molecule has 2 N–H and O–H groups in total. The van der Waals surface area contributed by atoms with Crippen LogP contribution < -0.4 is 9.47 Å². The van der Waals surface area contributed by atoms with E-state index in [1.165, 1.54) is 74.9 Å². The van der Waals surface area contributed by atoms with Gasteiger partial charge in [0.15, 0.2) is 11.2 Å². The van der Waals surface area contributed by atoms with Crippen LogP contribution >= 0.6 is 46.4 Å². The molecule has 0 heterocycles. The number of halogens is 6. The third-order valence-electron chi connectivity index (χ3n) is 6.30. The summed E-state index contributed by atoms with van der Waals surface area (Å²) in [5.74, 6) is -1.68. The van der Waals surface area contributed by atoms with Gasteiger partial charge in [0.05, 0.1) is 14.2 Å². The van der Waals surface area contributed by atoms with E-state index in [4.69, 9.17) is 55.9 Å². The number of ether oxygens (including phenoxy) is 2. The molecule has 4 nitrogen and oxygen atoms in total. The van der Waals surface area contributed by atoms with Gasteiger partial charge in [0.25, 0.3) is 0 Å². The third-order valence-corrected chi connectivity index (χ3v) is 7.39. The highest BCUT2D eigenvalue weighted by Gasteiger charge is 2.58. The lowest BCUT2D eigenvalue weighted by Crippen LogP contribution is -2.52. The van der Waals surface area contributed by atoms with Crippen molar-refractivity contribution < 1.29 is 28.5 Å². The molecule has 0 aromatic heterocycles. The highest BCUT2D eigenvalue weighted by atomic mass is 35.5. The van der Waals surface area contributed by atoms with Crippen LogP contribution in [0.5, 0.6) is 11.5 Å². The molecule has 10 heteroatoms. The minimum absolute atomic E-state index is 0.132. The molecular formula is C28H20Cl4F2O4. The molecule has 2 unspecified atom stereocenters. The van der Waals surface area contributed by atoms with Crippen LogP contribution in [0.25, 0.3) is 0 Å². The highest BCUT2D eigenvalue weighted by Crippen LogP contribution is 2.54. The maximum atomic E-state index is 15.8. The van der Waals surface area contributed by atoms with Crippen LogP contribution in [0.15, 0.2) is 72.8 Å². The maximum Gasteiger partial charge on any atom is 0.156 e. The van der Waals surface area contributed by atoms with E-state index in [0.717, 1.165) is 12.1 Å². The summed E-state index contributed by atoms with van der Waals surface area (Å²) in [6, 6.07) is 15.2. The Morgan fingerprint density at radius 1 is 0.553 bits per heavy atom. The summed E-state index contributed by atoms with van der Waals surface area (Å²) >= 11 is 25.3. The Morgan fingerprint density at radius 3 is 1.18 bits per heavy atom. The van der Waals surface area contributed by atoms with E-state index in [9.17, 15) is 10.2 Å². The molecule has 4 aromatic rings. The second-order valence-electron chi connectivity index (χ2n) is 8.36. The standard InChI is InChI=1S/C28H20Cl4F2O4/c1-37-17-5-9-21(25(33)13-17)27(35,19-7-3-15(29)11-23(19)31)28(36,20-8-4-16(30)12-24(20)32)22-10-6-18(38-2)14-26(22)34/h3-14,35-36H,1-2H3. The van der Waals surface area contributed by atoms with E-state index in [0.29, 0.717) is 0 Å². The fraction of sp³-hybridized carbons (Fsp3) is 0.143. The van der Waals surface area contributed by atoms with Crippen molar-refractivity contribution >= 4 is 46.4 Å². The molecule has 38 heavy (non-hydrogen) atoms. The lowest BCUT2D eigenvalue weighted by molar-refractivity contribution is -0.116. The van der Waals surface area contributed by atoms with Crippen molar-refractivity contribution in [3.63, 3.8) is 0 Å². The zero-order valence-electron chi connectivity index (χ0n) is 19.9. The minimum Gasteiger partial charge on any atom is -0.497 e. The number of aliphatic hydroxyl groups is 2. The number of methoxy groups -OCH3 is 2. The first-order valence-electron chi connectivity index (χ1n) is 11.0. The van der Waals surface area contributed by atoms with Gasteiger partial charge >= 0.3 is 0 Å². The molecule has 4 rings (SSSR count). The molecule has 0 spiro atoms. The first-order valence-corrected chi connectivity index (χ1v) is 12.5. The van der Waals surface area contributed by atoms with Crippen molar-refractivity contribution in [2.24, 2.45) is 0 Å². The van der Waals surface area contributed by atoms with Crippen LogP contribution in [0.1, 0.15) is 22.3 Å². The maximum absolute atomic E-state index is 15.8. The van der Waals surface area contributed by atoms with Crippen molar-refractivity contribution in [3.05, 3.63) is 127 Å². The highest BCUT2D eigenvalue weighted by molar-refractivity contribution is 6.36. The van der Waals surface area contributed by atoms with Gasteiger partial charge in [-0.2, -0.15) is 0 Å². The van der Waals surface area contributed by atoms with Crippen molar-refractivity contribution in [2.45, 2.75) is 11.2 Å². The second kappa shape index (κ2) is 10.9. The monoisotopic (exact) mass is 598 g/mol. The summed E-state index contributed by atoms with van der Waals surface area (Å²) in [5.41, 5.74) is -6.86. The fourth-order valence-electron chi connectivity index (χ4n) is 4.47. The van der Waals surface area contributed by atoms with E-state index in [1.807, 2.05) is 0 Å². The number of benzene rings is 4. The largest absolute Gasteiger partial charge is 0.497 e. The molecule has 0 aliphatic rings. The van der Waals surface area contributed by atoms with Gasteiger partial charge in [-0.05, 0) is 48.5 Å². The Bertz CT molecular complexity index is 1400. The number of hydrogen-bond donors (Lipinski definition) is 2. The normalized spacial score (nSPS) is 14.5. The summed E-state index contributed by atoms with van der Waals surface area (Å²) in [7, 11) is 2.68. The average molecular weight is 600 g/mol. The smallest absolute Gasteiger partial charge is 0.156 e. The Kier molecular flexibility index (Phi) is 8.15. The molecule has 0 saturated carbocycles. The van der Waals surface area contributed by atoms with Crippen LogP contribution in [0.4, 0.5) is 8.78 Å². The summed E-state index contributed by atoms with van der Waals surface area (Å²) in [6.45, 7) is 0. The number of rotatable bonds is 7. The SMILES string of the molecule is COc1ccc(C(O)(c2ccc(Cl)cc2Cl)C(O)(c2ccc(OC)cc2F)c2ccc(Cl)cc2Cl)c(F)c1. The third kappa shape index (κ3) is 4.70. The number of hydrogen-bond acceptors (Lipinski definition) is 4. The summed E-state index contributed by atoms with van der Waals surface area (Å²) in [4.78, 5) is 0. The van der Waals surface area contributed by atoms with Crippen LogP contribution in [0, 0.1) is 11.6 Å². The molecule has 0 fully saturated rings. The minimum atomic E-state index is -2.79. The fourth-order valence-corrected chi connectivity index (χ4v) is 5.56. The molecule has 2 atom stereocenters. The van der Waals surface area contributed by atoms with Gasteiger partial charge in [-0.15, -0.1) is 0 Å². The van der Waals surface area contributed by atoms with Crippen LogP contribution in [0.2, 0.25) is 20.1 Å². The van der Waals surface area contributed by atoms with Crippen LogP contribution in [0.3, 0.4) is 0 Å². The van der Waals surface area contributed by atoms with Gasteiger partial charge in [-0.25, -0.2) is 8.78 Å². The van der Waals surface area contributed by atoms with E-state index in [1.54, 1.807) is 0 Å². The van der Waals surface area contributed by atoms with E-state index < -0.39 is 34.0 Å². The van der Waals surface area contributed by atoms with Crippen molar-refractivity contribution in [2.75, 3.05) is 14.2 Å². The topological polar surface area (TPSA) is 58.9 Å². The predicted molar refractivity (Wildman–Crippen MR) is 145 cm³/mol. The van der Waals surface area contributed by atoms with Gasteiger partial charge in [0.2, 0.25) is 0 Å². The second-order valence-corrected chi connectivity index (χ2v) is 10.0. The predicted octanol–water partition coefficient (Wildman–Crippen LogP) is 7.77. The molecular weight excluding hydrogens is 580 g/mol. The first kappa shape index (κ1) is 28.4. The van der Waals surface area contributed by atoms with Crippen molar-refractivity contribution in [1.29, 1.82) is 0 Å². The molecule has 0 amide bonds. The Balaban J connectivity index is 2.22. The van der Waals surface area contributed by atoms with Crippen LogP contribution in [-0.2, 0) is 11.2 Å². The van der Waals surface area contributed by atoms with E-state index in [-0.39, 0.29) is 42.7 Å². The van der Waals surface area contributed by atoms with Crippen molar-refractivity contribution in [1.82, 2.24) is 0 Å². The average Bonchev–Trinajstić information content (AvgIpc) is 2.87. The molecule has 0 aliphatic heterocycles. The van der Waals surface area contributed by atoms with Gasteiger partial charge in [-0.3, -0.25) is 0 Å². The van der Waals surface area contributed by atoms with E-state index >= 15 is 8.78 Å². The first-order chi connectivity index (χ1) is 18.0. The quantitative estimate of drug-likeness (QED) is 0.228.